The minimum atomic E-state index is -0.816. The Labute approximate surface area is 81.2 Å². The van der Waals surface area contributed by atoms with E-state index in [9.17, 15) is 4.79 Å². The zero-order valence-corrected chi connectivity index (χ0v) is 8.25. The van der Waals surface area contributed by atoms with Crippen LogP contribution in [0.1, 0.15) is 24.3 Å². The van der Waals surface area contributed by atoms with Gasteiger partial charge in [0.2, 0.25) is 0 Å². The van der Waals surface area contributed by atoms with Gasteiger partial charge in [-0.1, -0.05) is 13.0 Å². The Morgan fingerprint density at radius 2 is 2.46 bits per heavy atom. The summed E-state index contributed by atoms with van der Waals surface area (Å²) in [5.41, 5.74) is 5.82. The summed E-state index contributed by atoms with van der Waals surface area (Å²) < 4.78 is 0. The summed E-state index contributed by atoms with van der Waals surface area (Å²) >= 11 is 1.50. The highest BCUT2D eigenvalue weighted by Gasteiger charge is 2.24. The second-order valence-electron chi connectivity index (χ2n) is 2.89. The Hall–Kier alpha value is -0.870. The van der Waals surface area contributed by atoms with Gasteiger partial charge in [0.15, 0.2) is 0 Å². The molecule has 1 heterocycles. The van der Waals surface area contributed by atoms with E-state index in [0.29, 0.717) is 6.42 Å². The highest BCUT2D eigenvalue weighted by molar-refractivity contribution is 7.10. The molecule has 72 valence electrons. The lowest BCUT2D eigenvalue weighted by molar-refractivity contribution is -0.142. The van der Waals surface area contributed by atoms with E-state index < -0.39 is 11.9 Å². The molecule has 0 saturated carbocycles. The molecule has 3 nitrogen and oxygen atoms in total. The smallest absolute Gasteiger partial charge is 0.308 e. The number of hydrogen-bond acceptors (Lipinski definition) is 3. The molecule has 0 fully saturated rings. The highest BCUT2D eigenvalue weighted by atomic mass is 32.1. The van der Waals surface area contributed by atoms with Crippen LogP contribution >= 0.6 is 11.3 Å². The van der Waals surface area contributed by atoms with E-state index in [1.54, 1.807) is 0 Å². The summed E-state index contributed by atoms with van der Waals surface area (Å²) in [5.74, 6) is -1.29. The lowest BCUT2D eigenvalue weighted by atomic mass is 9.97. The number of aliphatic carboxylic acids is 1. The SMILES string of the molecule is CCC(C(=O)O)C(N)c1cccs1. The molecule has 1 aromatic heterocycles. The predicted octanol–water partition coefficient (Wildman–Crippen LogP) is 1.86. The third-order valence-electron chi connectivity index (χ3n) is 2.06. The maximum absolute atomic E-state index is 10.8. The van der Waals surface area contributed by atoms with Crippen LogP contribution in [0.2, 0.25) is 0 Å². The molecule has 0 aliphatic carbocycles. The Bertz CT molecular complexity index is 271. The summed E-state index contributed by atoms with van der Waals surface area (Å²) in [4.78, 5) is 11.7. The predicted molar refractivity (Wildman–Crippen MR) is 52.7 cm³/mol. The minimum Gasteiger partial charge on any atom is -0.481 e. The average Bonchev–Trinajstić information content (AvgIpc) is 2.56. The summed E-state index contributed by atoms with van der Waals surface area (Å²) in [5, 5.41) is 10.8. The second kappa shape index (κ2) is 4.39. The third-order valence-corrected chi connectivity index (χ3v) is 3.04. The number of rotatable bonds is 4. The topological polar surface area (TPSA) is 63.3 Å². The van der Waals surface area contributed by atoms with Gasteiger partial charge >= 0.3 is 5.97 Å². The zero-order valence-electron chi connectivity index (χ0n) is 7.43. The first-order chi connectivity index (χ1) is 6.16. The molecule has 0 aromatic carbocycles. The van der Waals surface area contributed by atoms with Crippen LogP contribution in [-0.4, -0.2) is 11.1 Å². The molecular weight excluding hydrogens is 186 g/mol. The molecule has 0 radical (unpaired) electrons. The van der Waals surface area contributed by atoms with Crippen LogP contribution in [0.3, 0.4) is 0 Å². The summed E-state index contributed by atoms with van der Waals surface area (Å²) in [6.07, 6.45) is 0.564. The Balaban J connectivity index is 2.76. The van der Waals surface area contributed by atoms with Crippen LogP contribution in [0, 0.1) is 5.92 Å². The standard InChI is InChI=1S/C9H13NO2S/c1-2-6(9(11)12)8(10)7-4-3-5-13-7/h3-6,8H,2,10H2,1H3,(H,11,12). The number of carboxylic acids is 1. The molecule has 0 bridgehead atoms. The maximum Gasteiger partial charge on any atom is 0.308 e. The van der Waals surface area contributed by atoms with E-state index in [1.807, 2.05) is 24.4 Å². The molecule has 0 amide bonds. The minimum absolute atomic E-state index is 0.373. The average molecular weight is 199 g/mol. The Morgan fingerprint density at radius 3 is 2.85 bits per heavy atom. The van der Waals surface area contributed by atoms with Crippen LogP contribution < -0.4 is 5.73 Å². The van der Waals surface area contributed by atoms with Gasteiger partial charge in [-0.15, -0.1) is 11.3 Å². The van der Waals surface area contributed by atoms with Crippen molar-refractivity contribution in [3.63, 3.8) is 0 Å². The monoisotopic (exact) mass is 199 g/mol. The molecule has 0 aliphatic rings. The van der Waals surface area contributed by atoms with Gasteiger partial charge in [0, 0.05) is 4.88 Å². The lowest BCUT2D eigenvalue weighted by Gasteiger charge is -2.16. The molecular formula is C9H13NO2S. The normalized spacial score (nSPS) is 15.2. The number of hydrogen-bond donors (Lipinski definition) is 2. The van der Waals surface area contributed by atoms with Crippen LogP contribution in [0.4, 0.5) is 0 Å². The van der Waals surface area contributed by atoms with Crippen molar-refractivity contribution in [2.75, 3.05) is 0 Å². The third kappa shape index (κ3) is 2.29. The van der Waals surface area contributed by atoms with Gasteiger partial charge in [-0.05, 0) is 17.9 Å². The molecule has 1 aromatic rings. The highest BCUT2D eigenvalue weighted by Crippen LogP contribution is 2.25. The first-order valence-corrected chi connectivity index (χ1v) is 5.06. The van der Waals surface area contributed by atoms with Gasteiger partial charge in [-0.2, -0.15) is 0 Å². The van der Waals surface area contributed by atoms with E-state index >= 15 is 0 Å². The van der Waals surface area contributed by atoms with Crippen molar-refractivity contribution in [3.05, 3.63) is 22.4 Å². The summed E-state index contributed by atoms with van der Waals surface area (Å²) in [7, 11) is 0. The molecule has 13 heavy (non-hydrogen) atoms. The van der Waals surface area contributed by atoms with Crippen molar-refractivity contribution in [2.24, 2.45) is 11.7 Å². The Kier molecular flexibility index (Phi) is 3.45. The van der Waals surface area contributed by atoms with E-state index in [0.717, 1.165) is 4.88 Å². The van der Waals surface area contributed by atoms with E-state index in [2.05, 4.69) is 0 Å². The van der Waals surface area contributed by atoms with Crippen molar-refractivity contribution in [1.82, 2.24) is 0 Å². The van der Waals surface area contributed by atoms with E-state index in [-0.39, 0.29) is 6.04 Å². The fourth-order valence-electron chi connectivity index (χ4n) is 1.26. The van der Waals surface area contributed by atoms with Crippen molar-refractivity contribution < 1.29 is 9.90 Å². The number of carbonyl (C=O) groups is 1. The van der Waals surface area contributed by atoms with Crippen molar-refractivity contribution >= 4 is 17.3 Å². The van der Waals surface area contributed by atoms with Gasteiger partial charge in [-0.3, -0.25) is 4.79 Å². The summed E-state index contributed by atoms with van der Waals surface area (Å²) in [6, 6.07) is 3.39. The molecule has 0 saturated heterocycles. The van der Waals surface area contributed by atoms with Crippen LogP contribution in [-0.2, 0) is 4.79 Å². The molecule has 1 rings (SSSR count). The van der Waals surface area contributed by atoms with Crippen LogP contribution in [0.15, 0.2) is 17.5 Å². The van der Waals surface area contributed by atoms with Crippen LogP contribution in [0.25, 0.3) is 0 Å². The first kappa shape index (κ1) is 10.2. The molecule has 2 unspecified atom stereocenters. The fourth-order valence-corrected chi connectivity index (χ4v) is 2.05. The van der Waals surface area contributed by atoms with Gasteiger partial charge < -0.3 is 10.8 Å². The van der Waals surface area contributed by atoms with Crippen molar-refractivity contribution in [2.45, 2.75) is 19.4 Å². The molecule has 0 spiro atoms. The van der Waals surface area contributed by atoms with Gasteiger partial charge in [-0.25, -0.2) is 0 Å². The lowest BCUT2D eigenvalue weighted by Crippen LogP contribution is -2.26. The van der Waals surface area contributed by atoms with Crippen molar-refractivity contribution in [3.8, 4) is 0 Å². The molecule has 4 heteroatoms. The van der Waals surface area contributed by atoms with Crippen LogP contribution in [0.5, 0.6) is 0 Å². The van der Waals surface area contributed by atoms with Crippen molar-refractivity contribution in [1.29, 1.82) is 0 Å². The van der Waals surface area contributed by atoms with Gasteiger partial charge in [0.25, 0.3) is 0 Å². The quantitative estimate of drug-likeness (QED) is 0.778. The molecule has 2 atom stereocenters. The number of nitrogens with two attached hydrogens (primary N) is 1. The second-order valence-corrected chi connectivity index (χ2v) is 3.87. The van der Waals surface area contributed by atoms with Gasteiger partial charge in [0.1, 0.15) is 0 Å². The Morgan fingerprint density at radius 1 is 1.77 bits per heavy atom. The van der Waals surface area contributed by atoms with E-state index in [4.69, 9.17) is 10.8 Å². The zero-order chi connectivity index (χ0) is 9.84. The number of thiophene rings is 1. The first-order valence-electron chi connectivity index (χ1n) is 4.18. The van der Waals surface area contributed by atoms with E-state index in [1.165, 1.54) is 11.3 Å². The molecule has 0 aliphatic heterocycles. The number of carboxylic acid groups (broad SMARTS) is 1. The summed E-state index contributed by atoms with van der Waals surface area (Å²) in [6.45, 7) is 1.84. The fraction of sp³-hybridized carbons (Fsp3) is 0.444. The largest absolute Gasteiger partial charge is 0.481 e. The molecule has 3 N–H and O–H groups in total. The maximum atomic E-state index is 10.8. The van der Waals surface area contributed by atoms with Gasteiger partial charge in [0.05, 0.1) is 12.0 Å².